The molecule has 0 unspecified atom stereocenters. The molecule has 0 radical (unpaired) electrons. The van der Waals surface area contributed by atoms with E-state index in [2.05, 4.69) is 0 Å². The molecule has 0 aliphatic carbocycles. The minimum Gasteiger partial charge on any atom is -0.332 e. The summed E-state index contributed by atoms with van der Waals surface area (Å²) >= 11 is 5.95. The Morgan fingerprint density at radius 2 is 1.60 bits per heavy atom. The van der Waals surface area contributed by atoms with Crippen LogP contribution in [0.25, 0.3) is 0 Å². The number of carbonyl (C=O) groups is 1. The molecular weight excluding hydrogens is 304 g/mol. The summed E-state index contributed by atoms with van der Waals surface area (Å²) < 4.78 is 28.2. The van der Waals surface area contributed by atoms with Crippen molar-refractivity contribution in [2.75, 3.05) is 0 Å². The first-order valence-corrected chi connectivity index (χ1v) is 7.49. The molecule has 0 saturated carbocycles. The molecule has 0 atom stereocenters. The van der Waals surface area contributed by atoms with Crippen LogP contribution >= 0.6 is 23.4 Å². The van der Waals surface area contributed by atoms with Gasteiger partial charge in [0.05, 0.1) is 0 Å². The zero-order valence-corrected chi connectivity index (χ0v) is 13.4. The number of hydrogen-bond acceptors (Lipinski definition) is 2. The lowest BCUT2D eigenvalue weighted by Crippen LogP contribution is -2.49. The van der Waals surface area contributed by atoms with Gasteiger partial charge in [-0.05, 0) is 63.7 Å². The zero-order valence-electron chi connectivity index (χ0n) is 11.9. The van der Waals surface area contributed by atoms with E-state index in [1.54, 1.807) is 27.7 Å². The van der Waals surface area contributed by atoms with E-state index in [0.29, 0.717) is 9.92 Å². The summed E-state index contributed by atoms with van der Waals surface area (Å²) in [6, 6.07) is 5.44. The lowest BCUT2D eigenvalue weighted by Gasteiger charge is -2.33. The molecule has 1 amide bonds. The number of carbonyl (C=O) groups excluding carboxylic acids is 1. The Bertz CT molecular complexity index is 455. The van der Waals surface area contributed by atoms with Gasteiger partial charge in [0.2, 0.25) is 0 Å². The Kier molecular flexibility index (Phi) is 5.83. The number of thioether (sulfide) groups is 1. The Balaban J connectivity index is 2.91. The van der Waals surface area contributed by atoms with Crippen LogP contribution < -0.4 is 0 Å². The summed E-state index contributed by atoms with van der Waals surface area (Å²) in [6.45, 7) is 6.89. The van der Waals surface area contributed by atoms with Crippen LogP contribution in [0.15, 0.2) is 29.2 Å². The molecule has 1 aromatic carbocycles. The Morgan fingerprint density at radius 1 is 1.15 bits per heavy atom. The van der Waals surface area contributed by atoms with Crippen molar-refractivity contribution >= 4 is 29.3 Å². The third kappa shape index (κ3) is 4.35. The van der Waals surface area contributed by atoms with E-state index < -0.39 is 11.2 Å². The molecule has 2 nitrogen and oxygen atoms in total. The summed E-state index contributed by atoms with van der Waals surface area (Å²) in [4.78, 5) is 13.6. The molecule has 0 aliphatic rings. The second kappa shape index (κ2) is 6.76. The molecular formula is C14H18ClF2NOS. The van der Waals surface area contributed by atoms with Gasteiger partial charge >= 0.3 is 11.2 Å². The first kappa shape index (κ1) is 17.2. The Hall–Kier alpha value is -0.810. The Labute approximate surface area is 127 Å². The summed E-state index contributed by atoms with van der Waals surface area (Å²) in [6.07, 6.45) is 0. The molecule has 1 aromatic rings. The van der Waals surface area contributed by atoms with Crippen molar-refractivity contribution < 1.29 is 13.6 Å². The summed E-state index contributed by atoms with van der Waals surface area (Å²) in [5.74, 6) is -1.16. The van der Waals surface area contributed by atoms with Crippen LogP contribution in [0.2, 0.25) is 5.02 Å². The average molecular weight is 322 g/mol. The quantitative estimate of drug-likeness (QED) is 0.734. The van der Waals surface area contributed by atoms with E-state index in [1.807, 2.05) is 0 Å². The maximum atomic E-state index is 14.1. The lowest BCUT2D eigenvalue weighted by molar-refractivity contribution is -0.150. The molecule has 0 aliphatic heterocycles. The van der Waals surface area contributed by atoms with E-state index in [0.717, 1.165) is 0 Å². The second-order valence-corrected chi connectivity index (χ2v) is 6.60. The fourth-order valence-corrected chi connectivity index (χ4v) is 2.80. The molecule has 112 valence electrons. The maximum absolute atomic E-state index is 14.1. The Morgan fingerprint density at radius 3 is 2.00 bits per heavy atom. The van der Waals surface area contributed by atoms with Gasteiger partial charge < -0.3 is 4.90 Å². The number of benzene rings is 1. The SMILES string of the molecule is CC(C)N(C(=O)C(F)(F)Sc1ccc(Cl)cc1)C(C)C. The summed E-state index contributed by atoms with van der Waals surface area (Å²) in [5, 5.41) is -3.03. The monoisotopic (exact) mass is 321 g/mol. The predicted molar refractivity (Wildman–Crippen MR) is 79.4 cm³/mol. The van der Waals surface area contributed by atoms with Gasteiger partial charge in [-0.15, -0.1) is 0 Å². The molecule has 0 spiro atoms. The van der Waals surface area contributed by atoms with Crippen LogP contribution in [-0.2, 0) is 4.79 Å². The number of hydrogen-bond donors (Lipinski definition) is 0. The highest BCUT2D eigenvalue weighted by Crippen LogP contribution is 2.38. The van der Waals surface area contributed by atoms with E-state index in [1.165, 1.54) is 29.2 Å². The van der Waals surface area contributed by atoms with Gasteiger partial charge in [0.15, 0.2) is 0 Å². The standard InChI is InChI=1S/C14H18ClF2NOS/c1-9(2)18(10(3)4)13(19)14(16,17)20-12-7-5-11(15)6-8-12/h5-10H,1-4H3. The topological polar surface area (TPSA) is 20.3 Å². The minimum atomic E-state index is -3.50. The van der Waals surface area contributed by atoms with Crippen LogP contribution in [-0.4, -0.2) is 28.1 Å². The zero-order chi connectivity index (χ0) is 15.5. The van der Waals surface area contributed by atoms with Crippen LogP contribution in [0.4, 0.5) is 8.78 Å². The molecule has 20 heavy (non-hydrogen) atoms. The van der Waals surface area contributed by atoms with Gasteiger partial charge in [0.1, 0.15) is 0 Å². The normalized spacial score (nSPS) is 12.1. The number of nitrogens with zero attached hydrogens (tertiary/aromatic N) is 1. The number of rotatable bonds is 5. The number of amides is 1. The highest BCUT2D eigenvalue weighted by atomic mass is 35.5. The van der Waals surface area contributed by atoms with Gasteiger partial charge in [-0.2, -0.15) is 8.78 Å². The lowest BCUT2D eigenvalue weighted by atomic mass is 10.2. The molecule has 6 heteroatoms. The van der Waals surface area contributed by atoms with Gasteiger partial charge in [-0.1, -0.05) is 11.6 Å². The van der Waals surface area contributed by atoms with Crippen LogP contribution in [0, 0.1) is 0 Å². The highest BCUT2D eigenvalue weighted by molar-refractivity contribution is 8.01. The summed E-state index contributed by atoms with van der Waals surface area (Å²) in [7, 11) is 0. The van der Waals surface area contributed by atoms with Crippen molar-refractivity contribution in [1.82, 2.24) is 4.90 Å². The van der Waals surface area contributed by atoms with Crippen molar-refractivity contribution in [1.29, 1.82) is 0 Å². The maximum Gasteiger partial charge on any atom is 0.375 e. The fourth-order valence-electron chi connectivity index (χ4n) is 1.91. The molecule has 0 aromatic heterocycles. The van der Waals surface area contributed by atoms with Crippen molar-refractivity contribution in [2.45, 2.75) is 49.9 Å². The van der Waals surface area contributed by atoms with Gasteiger partial charge in [-0.3, -0.25) is 4.79 Å². The van der Waals surface area contributed by atoms with E-state index in [4.69, 9.17) is 11.6 Å². The molecule has 0 heterocycles. The van der Waals surface area contributed by atoms with Gasteiger partial charge in [-0.25, -0.2) is 0 Å². The van der Waals surface area contributed by atoms with Crippen LogP contribution in [0.5, 0.6) is 0 Å². The molecule has 1 rings (SSSR count). The first-order chi connectivity index (χ1) is 9.15. The smallest absolute Gasteiger partial charge is 0.332 e. The van der Waals surface area contributed by atoms with Crippen LogP contribution in [0.3, 0.4) is 0 Å². The van der Waals surface area contributed by atoms with Crippen LogP contribution in [0.1, 0.15) is 27.7 Å². The minimum absolute atomic E-state index is 0.243. The third-order valence-electron chi connectivity index (χ3n) is 2.66. The third-order valence-corrected chi connectivity index (χ3v) is 3.85. The molecule has 0 bridgehead atoms. The van der Waals surface area contributed by atoms with Crippen molar-refractivity contribution in [3.63, 3.8) is 0 Å². The van der Waals surface area contributed by atoms with Gasteiger partial charge in [0, 0.05) is 22.0 Å². The predicted octanol–water partition coefficient (Wildman–Crippen LogP) is 4.67. The van der Waals surface area contributed by atoms with Crippen molar-refractivity contribution in [3.8, 4) is 0 Å². The van der Waals surface area contributed by atoms with E-state index in [9.17, 15) is 13.6 Å². The second-order valence-electron chi connectivity index (χ2n) is 4.97. The molecule has 0 N–H and O–H groups in total. The van der Waals surface area contributed by atoms with Gasteiger partial charge in [0.25, 0.3) is 0 Å². The first-order valence-electron chi connectivity index (χ1n) is 6.30. The van der Waals surface area contributed by atoms with Crippen molar-refractivity contribution in [3.05, 3.63) is 29.3 Å². The summed E-state index contributed by atoms with van der Waals surface area (Å²) in [5.41, 5.74) is 0. The fraction of sp³-hybridized carbons (Fsp3) is 0.500. The number of alkyl halides is 2. The highest BCUT2D eigenvalue weighted by Gasteiger charge is 2.44. The van der Waals surface area contributed by atoms with E-state index >= 15 is 0 Å². The molecule has 0 saturated heterocycles. The van der Waals surface area contributed by atoms with E-state index in [-0.39, 0.29) is 23.8 Å². The van der Waals surface area contributed by atoms with Crippen molar-refractivity contribution in [2.24, 2.45) is 0 Å². The molecule has 0 fully saturated rings. The average Bonchev–Trinajstić information content (AvgIpc) is 2.31. The number of halogens is 3. The largest absolute Gasteiger partial charge is 0.375 e.